The number of amides is 1. The number of carbonyl (C=O) groups is 2. The van der Waals surface area contributed by atoms with E-state index in [0.29, 0.717) is 0 Å². The third-order valence-corrected chi connectivity index (χ3v) is 2.41. The highest BCUT2D eigenvalue weighted by molar-refractivity contribution is 6.32. The number of nitrogens with one attached hydrogen (secondary N) is 1. The number of hydrogen-bond acceptors (Lipinski definition) is 4. The van der Waals surface area contributed by atoms with Crippen LogP contribution in [0.5, 0.6) is 0 Å². The van der Waals surface area contributed by atoms with Gasteiger partial charge in [0.2, 0.25) is 0 Å². The van der Waals surface area contributed by atoms with Crippen LogP contribution in [-0.2, 0) is 20.9 Å². The second-order valence-electron chi connectivity index (χ2n) is 3.60. The van der Waals surface area contributed by atoms with Crippen molar-refractivity contribution in [3.05, 3.63) is 36.2 Å². The molecule has 0 aliphatic carbocycles. The maximum Gasteiger partial charge on any atom is 0.396 e. The molecule has 2 aromatic rings. The summed E-state index contributed by atoms with van der Waals surface area (Å²) in [4.78, 5) is 22.5. The van der Waals surface area contributed by atoms with Gasteiger partial charge in [-0.15, -0.1) is 0 Å². The zero-order valence-corrected chi connectivity index (χ0v) is 9.92. The molecular weight excluding hydrogens is 234 g/mol. The van der Waals surface area contributed by atoms with Crippen molar-refractivity contribution in [2.24, 2.45) is 0 Å². The quantitative estimate of drug-likeness (QED) is 0.633. The number of pyridine rings is 1. The average Bonchev–Trinajstić information content (AvgIpc) is 2.79. The van der Waals surface area contributed by atoms with Crippen LogP contribution in [-0.4, -0.2) is 28.1 Å². The Morgan fingerprint density at radius 3 is 3.06 bits per heavy atom. The molecule has 0 aliphatic rings. The van der Waals surface area contributed by atoms with Gasteiger partial charge >= 0.3 is 11.9 Å². The fourth-order valence-electron chi connectivity index (χ4n) is 1.57. The van der Waals surface area contributed by atoms with Gasteiger partial charge in [-0.2, -0.15) is 5.10 Å². The van der Waals surface area contributed by atoms with Gasteiger partial charge in [-0.1, -0.05) is 6.07 Å². The SMILES string of the molecule is CCOC(=O)C(=O)NCc1cnn2ccccc12. The van der Waals surface area contributed by atoms with E-state index in [1.807, 2.05) is 24.4 Å². The number of rotatable bonds is 3. The van der Waals surface area contributed by atoms with Crippen LogP contribution in [0.25, 0.3) is 5.52 Å². The Bertz CT molecular complexity index is 577. The number of nitrogens with zero attached hydrogens (tertiary/aromatic N) is 2. The van der Waals surface area contributed by atoms with E-state index in [1.54, 1.807) is 17.6 Å². The summed E-state index contributed by atoms with van der Waals surface area (Å²) in [6, 6.07) is 5.63. The van der Waals surface area contributed by atoms with E-state index in [0.717, 1.165) is 11.1 Å². The fourth-order valence-corrected chi connectivity index (χ4v) is 1.57. The Hall–Kier alpha value is -2.37. The molecule has 2 rings (SSSR count). The zero-order valence-electron chi connectivity index (χ0n) is 9.92. The van der Waals surface area contributed by atoms with E-state index in [1.165, 1.54) is 0 Å². The molecule has 94 valence electrons. The van der Waals surface area contributed by atoms with Crippen LogP contribution in [0.1, 0.15) is 12.5 Å². The second kappa shape index (κ2) is 5.31. The Morgan fingerprint density at radius 1 is 1.44 bits per heavy atom. The van der Waals surface area contributed by atoms with Crippen LogP contribution < -0.4 is 5.32 Å². The summed E-state index contributed by atoms with van der Waals surface area (Å²) in [5, 5.41) is 6.62. The van der Waals surface area contributed by atoms with Crippen LogP contribution in [0, 0.1) is 0 Å². The van der Waals surface area contributed by atoms with Crippen molar-refractivity contribution in [2.45, 2.75) is 13.5 Å². The molecule has 0 spiro atoms. The molecule has 0 fully saturated rings. The Labute approximate surface area is 104 Å². The molecule has 0 atom stereocenters. The predicted octanol–water partition coefficient (Wildman–Crippen LogP) is 0.514. The summed E-state index contributed by atoms with van der Waals surface area (Å²) in [6.07, 6.45) is 3.47. The first-order chi connectivity index (χ1) is 8.72. The smallest absolute Gasteiger partial charge is 0.396 e. The number of aromatic nitrogens is 2. The molecule has 18 heavy (non-hydrogen) atoms. The lowest BCUT2D eigenvalue weighted by molar-refractivity contribution is -0.154. The molecular formula is C12H13N3O3. The third-order valence-electron chi connectivity index (χ3n) is 2.41. The van der Waals surface area contributed by atoms with E-state index >= 15 is 0 Å². The molecule has 0 unspecified atom stereocenters. The van der Waals surface area contributed by atoms with Gasteiger partial charge < -0.3 is 10.1 Å². The first-order valence-electron chi connectivity index (χ1n) is 5.58. The van der Waals surface area contributed by atoms with Gasteiger partial charge in [-0.3, -0.25) is 4.79 Å². The molecule has 6 heteroatoms. The average molecular weight is 247 g/mol. The highest BCUT2D eigenvalue weighted by Crippen LogP contribution is 2.09. The summed E-state index contributed by atoms with van der Waals surface area (Å²) in [5.41, 5.74) is 1.73. The molecule has 2 heterocycles. The van der Waals surface area contributed by atoms with E-state index in [2.05, 4.69) is 15.2 Å². The van der Waals surface area contributed by atoms with Gasteiger partial charge in [-0.25, -0.2) is 9.31 Å². The second-order valence-corrected chi connectivity index (χ2v) is 3.60. The number of fused-ring (bicyclic) bond motifs is 1. The number of carbonyl (C=O) groups excluding carboxylic acids is 2. The summed E-state index contributed by atoms with van der Waals surface area (Å²) in [7, 11) is 0. The lowest BCUT2D eigenvalue weighted by atomic mass is 10.2. The molecule has 2 aromatic heterocycles. The first-order valence-corrected chi connectivity index (χ1v) is 5.58. The molecule has 0 aliphatic heterocycles. The largest absolute Gasteiger partial charge is 0.459 e. The van der Waals surface area contributed by atoms with Gasteiger partial charge in [0, 0.05) is 18.3 Å². The molecule has 1 amide bonds. The minimum absolute atomic E-state index is 0.184. The van der Waals surface area contributed by atoms with Crippen molar-refractivity contribution in [3.8, 4) is 0 Å². The van der Waals surface area contributed by atoms with Crippen LogP contribution in [0.3, 0.4) is 0 Å². The number of ether oxygens (including phenoxy) is 1. The minimum Gasteiger partial charge on any atom is -0.459 e. The van der Waals surface area contributed by atoms with Crippen LogP contribution in [0.15, 0.2) is 30.6 Å². The van der Waals surface area contributed by atoms with Gasteiger partial charge in [0.1, 0.15) is 0 Å². The van der Waals surface area contributed by atoms with Gasteiger partial charge in [0.05, 0.1) is 18.3 Å². The molecule has 1 N–H and O–H groups in total. The van der Waals surface area contributed by atoms with Crippen LogP contribution in [0.4, 0.5) is 0 Å². The first kappa shape index (κ1) is 12.1. The number of hydrogen-bond donors (Lipinski definition) is 1. The molecule has 0 aromatic carbocycles. The van der Waals surface area contributed by atoms with E-state index in [4.69, 9.17) is 0 Å². The lowest BCUT2D eigenvalue weighted by Gasteiger charge is -2.03. The maximum absolute atomic E-state index is 11.4. The molecule has 0 bridgehead atoms. The van der Waals surface area contributed by atoms with Crippen LogP contribution >= 0.6 is 0 Å². The minimum atomic E-state index is -0.867. The molecule has 0 saturated heterocycles. The van der Waals surface area contributed by atoms with Crippen LogP contribution in [0.2, 0.25) is 0 Å². The topological polar surface area (TPSA) is 72.7 Å². The summed E-state index contributed by atoms with van der Waals surface area (Å²) in [5.74, 6) is -1.61. The van der Waals surface area contributed by atoms with Crippen molar-refractivity contribution in [2.75, 3.05) is 6.61 Å². The van der Waals surface area contributed by atoms with Crippen molar-refractivity contribution >= 4 is 17.4 Å². The van der Waals surface area contributed by atoms with Gasteiger partial charge in [0.15, 0.2) is 0 Å². The molecule has 0 saturated carbocycles. The fraction of sp³-hybridized carbons (Fsp3) is 0.250. The Morgan fingerprint density at radius 2 is 2.28 bits per heavy atom. The zero-order chi connectivity index (χ0) is 13.0. The van der Waals surface area contributed by atoms with E-state index in [9.17, 15) is 9.59 Å². The highest BCUT2D eigenvalue weighted by Gasteiger charge is 2.14. The standard InChI is InChI=1S/C12H13N3O3/c1-2-18-12(17)11(16)13-7-9-8-14-15-6-4-3-5-10(9)15/h3-6,8H,2,7H2,1H3,(H,13,16). The number of esters is 1. The molecule has 6 nitrogen and oxygen atoms in total. The normalized spacial score (nSPS) is 10.3. The summed E-state index contributed by atoms with van der Waals surface area (Å²) < 4.78 is 6.29. The van der Waals surface area contributed by atoms with E-state index in [-0.39, 0.29) is 13.2 Å². The Kier molecular flexibility index (Phi) is 3.57. The van der Waals surface area contributed by atoms with E-state index < -0.39 is 11.9 Å². The van der Waals surface area contributed by atoms with Crippen molar-refractivity contribution in [1.29, 1.82) is 0 Å². The van der Waals surface area contributed by atoms with Crippen molar-refractivity contribution in [1.82, 2.24) is 14.9 Å². The summed E-state index contributed by atoms with van der Waals surface area (Å²) in [6.45, 7) is 2.07. The maximum atomic E-state index is 11.4. The third kappa shape index (κ3) is 2.48. The molecule has 0 radical (unpaired) electrons. The van der Waals surface area contributed by atoms with Crippen molar-refractivity contribution in [3.63, 3.8) is 0 Å². The lowest BCUT2D eigenvalue weighted by Crippen LogP contribution is -2.32. The van der Waals surface area contributed by atoms with Gasteiger partial charge in [0.25, 0.3) is 0 Å². The summed E-state index contributed by atoms with van der Waals surface area (Å²) >= 11 is 0. The van der Waals surface area contributed by atoms with Gasteiger partial charge in [-0.05, 0) is 19.1 Å². The van der Waals surface area contributed by atoms with Crippen molar-refractivity contribution < 1.29 is 14.3 Å². The monoisotopic (exact) mass is 247 g/mol. The highest BCUT2D eigenvalue weighted by atomic mass is 16.5. The Balaban J connectivity index is 2.02. The predicted molar refractivity (Wildman–Crippen MR) is 63.7 cm³/mol.